The van der Waals surface area contributed by atoms with E-state index in [1.54, 1.807) is 38.0 Å². The van der Waals surface area contributed by atoms with Crippen LogP contribution in [-0.2, 0) is 13.6 Å². The number of carbonyl (C=O) groups is 2. The van der Waals surface area contributed by atoms with E-state index >= 15 is 0 Å². The quantitative estimate of drug-likeness (QED) is 0.617. The standard InChI is InChI=1S/C21H25BrN6O2/c1-12-17(22)13(2)28(24-12)11-15-7-9-16(10-8-15)20(29)23-18-14(3)27(6)25-19(18)21(30)26(4)5/h7-10H,11H2,1-6H3,(H,23,29). The van der Waals surface area contributed by atoms with Gasteiger partial charge in [-0.1, -0.05) is 12.1 Å². The van der Waals surface area contributed by atoms with E-state index in [0.717, 1.165) is 21.4 Å². The van der Waals surface area contributed by atoms with Gasteiger partial charge in [0.25, 0.3) is 11.8 Å². The summed E-state index contributed by atoms with van der Waals surface area (Å²) in [7, 11) is 5.04. The molecule has 3 rings (SSSR count). The first-order chi connectivity index (χ1) is 14.1. The average molecular weight is 473 g/mol. The Morgan fingerprint density at radius 1 is 1.07 bits per heavy atom. The fourth-order valence-electron chi connectivity index (χ4n) is 3.07. The highest BCUT2D eigenvalue weighted by atomic mass is 79.9. The molecular formula is C21H25BrN6O2. The minimum absolute atomic E-state index is 0.222. The van der Waals surface area contributed by atoms with Gasteiger partial charge in [0.05, 0.1) is 33.8 Å². The number of carbonyl (C=O) groups excluding carboxylic acids is 2. The molecule has 0 aliphatic carbocycles. The predicted octanol–water partition coefficient (Wildman–Crippen LogP) is 3.31. The van der Waals surface area contributed by atoms with Crippen LogP contribution in [0.5, 0.6) is 0 Å². The third kappa shape index (κ3) is 4.16. The van der Waals surface area contributed by atoms with Crippen molar-refractivity contribution in [2.75, 3.05) is 19.4 Å². The largest absolute Gasteiger partial charge is 0.343 e. The Balaban J connectivity index is 1.79. The number of aromatic nitrogens is 4. The summed E-state index contributed by atoms with van der Waals surface area (Å²) in [6.07, 6.45) is 0. The highest BCUT2D eigenvalue weighted by Gasteiger charge is 2.23. The maximum atomic E-state index is 12.8. The minimum atomic E-state index is -0.292. The normalized spacial score (nSPS) is 10.9. The Morgan fingerprint density at radius 2 is 1.70 bits per heavy atom. The maximum absolute atomic E-state index is 12.8. The summed E-state index contributed by atoms with van der Waals surface area (Å²) in [5, 5.41) is 11.6. The van der Waals surface area contributed by atoms with E-state index < -0.39 is 0 Å². The maximum Gasteiger partial charge on any atom is 0.276 e. The van der Waals surface area contributed by atoms with E-state index in [1.165, 1.54) is 4.90 Å². The fraction of sp³-hybridized carbons (Fsp3) is 0.333. The zero-order chi connectivity index (χ0) is 22.2. The van der Waals surface area contributed by atoms with Crippen molar-refractivity contribution in [1.82, 2.24) is 24.5 Å². The zero-order valence-corrected chi connectivity index (χ0v) is 19.5. The number of rotatable bonds is 5. The molecule has 9 heteroatoms. The average Bonchev–Trinajstić information content (AvgIpc) is 3.12. The van der Waals surface area contributed by atoms with E-state index in [9.17, 15) is 9.59 Å². The van der Waals surface area contributed by atoms with Crippen LogP contribution in [0.1, 0.15) is 43.5 Å². The molecule has 0 unspecified atom stereocenters. The van der Waals surface area contributed by atoms with Gasteiger partial charge in [-0.15, -0.1) is 0 Å². The molecule has 2 amide bonds. The Morgan fingerprint density at radius 3 is 2.23 bits per heavy atom. The summed E-state index contributed by atoms with van der Waals surface area (Å²) in [6, 6.07) is 7.34. The van der Waals surface area contributed by atoms with E-state index in [2.05, 4.69) is 31.4 Å². The van der Waals surface area contributed by atoms with Crippen LogP contribution in [0.2, 0.25) is 0 Å². The molecule has 0 radical (unpaired) electrons. The summed E-state index contributed by atoms with van der Waals surface area (Å²) in [5.74, 6) is -0.556. The minimum Gasteiger partial charge on any atom is -0.343 e. The van der Waals surface area contributed by atoms with Crippen LogP contribution in [0.4, 0.5) is 5.69 Å². The summed E-state index contributed by atoms with van der Waals surface area (Å²) in [4.78, 5) is 26.6. The molecule has 0 saturated heterocycles. The summed E-state index contributed by atoms with van der Waals surface area (Å²) >= 11 is 3.54. The molecule has 158 valence electrons. The number of aryl methyl sites for hydroxylation is 2. The fourth-order valence-corrected chi connectivity index (χ4v) is 3.35. The van der Waals surface area contributed by atoms with Crippen LogP contribution in [0, 0.1) is 20.8 Å². The highest BCUT2D eigenvalue weighted by Crippen LogP contribution is 2.23. The molecular weight excluding hydrogens is 448 g/mol. The van der Waals surface area contributed by atoms with Crippen LogP contribution < -0.4 is 5.32 Å². The van der Waals surface area contributed by atoms with Gasteiger partial charge in [0.15, 0.2) is 5.69 Å². The van der Waals surface area contributed by atoms with Crippen LogP contribution in [0.25, 0.3) is 0 Å². The number of amides is 2. The van der Waals surface area contributed by atoms with Crippen molar-refractivity contribution < 1.29 is 9.59 Å². The van der Waals surface area contributed by atoms with Gasteiger partial charge in [0.1, 0.15) is 0 Å². The van der Waals surface area contributed by atoms with Gasteiger partial charge in [-0.25, -0.2) is 0 Å². The second-order valence-electron chi connectivity index (χ2n) is 7.43. The number of nitrogens with one attached hydrogen (secondary N) is 1. The van der Waals surface area contributed by atoms with E-state index in [-0.39, 0.29) is 17.5 Å². The monoisotopic (exact) mass is 472 g/mol. The third-order valence-corrected chi connectivity index (χ3v) is 6.17. The smallest absolute Gasteiger partial charge is 0.276 e. The number of benzene rings is 1. The Bertz CT molecular complexity index is 1110. The van der Waals surface area contributed by atoms with Crippen molar-refractivity contribution in [3.8, 4) is 0 Å². The summed E-state index contributed by atoms with van der Waals surface area (Å²) < 4.78 is 4.52. The SMILES string of the molecule is Cc1nn(Cc2ccc(C(=O)Nc3c(C(=O)N(C)C)nn(C)c3C)cc2)c(C)c1Br. The van der Waals surface area contributed by atoms with Crippen molar-refractivity contribution >= 4 is 33.4 Å². The number of hydrogen-bond donors (Lipinski definition) is 1. The molecule has 2 heterocycles. The second kappa shape index (κ2) is 8.43. The first-order valence-electron chi connectivity index (χ1n) is 9.45. The Kier molecular flexibility index (Phi) is 6.12. The van der Waals surface area contributed by atoms with Crippen LogP contribution >= 0.6 is 15.9 Å². The van der Waals surface area contributed by atoms with E-state index in [0.29, 0.717) is 23.5 Å². The van der Waals surface area contributed by atoms with Gasteiger partial charge in [-0.05, 0) is 54.4 Å². The van der Waals surface area contributed by atoms with Crippen LogP contribution in [0.15, 0.2) is 28.7 Å². The number of hydrogen-bond acceptors (Lipinski definition) is 4. The lowest BCUT2D eigenvalue weighted by Crippen LogP contribution is -2.24. The van der Waals surface area contributed by atoms with Crippen molar-refractivity contribution in [2.24, 2.45) is 7.05 Å². The molecule has 1 N–H and O–H groups in total. The second-order valence-corrected chi connectivity index (χ2v) is 8.22. The van der Waals surface area contributed by atoms with Gasteiger partial charge in [-0.3, -0.25) is 19.0 Å². The Labute approximate surface area is 184 Å². The van der Waals surface area contributed by atoms with Crippen molar-refractivity contribution in [1.29, 1.82) is 0 Å². The van der Waals surface area contributed by atoms with Crippen molar-refractivity contribution in [3.05, 3.63) is 62.6 Å². The zero-order valence-electron chi connectivity index (χ0n) is 17.9. The number of anilines is 1. The Hall–Kier alpha value is -2.94. The molecule has 1 aromatic carbocycles. The molecule has 0 aliphatic rings. The molecule has 8 nitrogen and oxygen atoms in total. The van der Waals surface area contributed by atoms with Gasteiger partial charge < -0.3 is 10.2 Å². The lowest BCUT2D eigenvalue weighted by molar-refractivity contribution is 0.0822. The number of halogens is 1. The molecule has 0 saturated carbocycles. The summed E-state index contributed by atoms with van der Waals surface area (Å²) in [5.41, 5.74) is 4.89. The van der Waals surface area contributed by atoms with E-state index in [1.807, 2.05) is 37.6 Å². The number of nitrogens with zero attached hydrogens (tertiary/aromatic N) is 5. The molecule has 2 aromatic heterocycles. The molecule has 0 aliphatic heterocycles. The van der Waals surface area contributed by atoms with Gasteiger partial charge in [0, 0.05) is 26.7 Å². The molecule has 0 atom stereocenters. The first-order valence-corrected chi connectivity index (χ1v) is 10.2. The first kappa shape index (κ1) is 21.8. The molecule has 3 aromatic rings. The third-order valence-electron chi connectivity index (χ3n) is 5.02. The van der Waals surface area contributed by atoms with Crippen LogP contribution in [-0.4, -0.2) is 50.4 Å². The molecule has 0 fully saturated rings. The lowest BCUT2D eigenvalue weighted by Gasteiger charge is -2.11. The summed E-state index contributed by atoms with van der Waals surface area (Å²) in [6.45, 7) is 6.39. The van der Waals surface area contributed by atoms with Crippen LogP contribution in [0.3, 0.4) is 0 Å². The van der Waals surface area contributed by atoms with E-state index in [4.69, 9.17) is 0 Å². The molecule has 0 spiro atoms. The molecule has 0 bridgehead atoms. The topological polar surface area (TPSA) is 85.1 Å². The van der Waals surface area contributed by atoms with Crippen molar-refractivity contribution in [3.63, 3.8) is 0 Å². The molecule has 30 heavy (non-hydrogen) atoms. The predicted molar refractivity (Wildman–Crippen MR) is 119 cm³/mol. The lowest BCUT2D eigenvalue weighted by atomic mass is 10.1. The van der Waals surface area contributed by atoms with Gasteiger partial charge >= 0.3 is 0 Å². The van der Waals surface area contributed by atoms with Crippen molar-refractivity contribution in [2.45, 2.75) is 27.3 Å². The highest BCUT2D eigenvalue weighted by molar-refractivity contribution is 9.10. The van der Waals surface area contributed by atoms with Gasteiger partial charge in [-0.2, -0.15) is 10.2 Å². The van der Waals surface area contributed by atoms with Gasteiger partial charge in [0.2, 0.25) is 0 Å².